The number of hydrogen-bond donors (Lipinski definition) is 1. The maximum absolute atomic E-state index is 4.02. The van der Waals surface area contributed by atoms with Crippen LogP contribution in [0, 0.1) is 5.92 Å². The fourth-order valence-corrected chi connectivity index (χ4v) is 3.27. The molecule has 3 rings (SSSR count). The van der Waals surface area contributed by atoms with Crippen molar-refractivity contribution in [3.63, 3.8) is 0 Å². The molecule has 1 N–H and O–H groups in total. The standard InChI is InChI=1S/C13H24N6/c1-2-8-18(9-3-1)19-10-6-12(7-11-19)4-5-13-14-16-17-15-13/h12H,1-11H2,(H,14,15,16,17). The van der Waals surface area contributed by atoms with E-state index in [1.54, 1.807) is 0 Å². The first-order valence-electron chi connectivity index (χ1n) is 7.64. The molecule has 2 saturated heterocycles. The van der Waals surface area contributed by atoms with Gasteiger partial charge in [0.1, 0.15) is 0 Å². The predicted molar refractivity (Wildman–Crippen MR) is 72.2 cm³/mol. The van der Waals surface area contributed by atoms with Crippen molar-refractivity contribution in [2.75, 3.05) is 26.2 Å². The Morgan fingerprint density at radius 1 is 1.00 bits per heavy atom. The molecule has 6 nitrogen and oxygen atoms in total. The average Bonchev–Trinajstić information content (AvgIpc) is 3.00. The molecule has 2 aliphatic rings. The van der Waals surface area contributed by atoms with Crippen LogP contribution in [-0.4, -0.2) is 56.8 Å². The molecule has 1 aromatic heterocycles. The van der Waals surface area contributed by atoms with Crippen molar-refractivity contribution in [2.45, 2.75) is 44.9 Å². The summed E-state index contributed by atoms with van der Waals surface area (Å²) >= 11 is 0. The summed E-state index contributed by atoms with van der Waals surface area (Å²) in [7, 11) is 0. The van der Waals surface area contributed by atoms with E-state index in [9.17, 15) is 0 Å². The highest BCUT2D eigenvalue weighted by atomic mass is 15.6. The molecule has 2 fully saturated rings. The van der Waals surface area contributed by atoms with Crippen molar-refractivity contribution >= 4 is 0 Å². The van der Waals surface area contributed by atoms with Crippen molar-refractivity contribution < 1.29 is 0 Å². The summed E-state index contributed by atoms with van der Waals surface area (Å²) in [6.07, 6.45) is 8.95. The van der Waals surface area contributed by atoms with Crippen molar-refractivity contribution in [3.05, 3.63) is 5.82 Å². The van der Waals surface area contributed by atoms with Crippen LogP contribution in [0.5, 0.6) is 0 Å². The zero-order valence-electron chi connectivity index (χ0n) is 11.6. The number of tetrazole rings is 1. The van der Waals surface area contributed by atoms with Crippen LogP contribution in [-0.2, 0) is 6.42 Å². The average molecular weight is 264 g/mol. The first kappa shape index (κ1) is 13.0. The lowest BCUT2D eigenvalue weighted by atomic mass is 9.92. The second-order valence-corrected chi connectivity index (χ2v) is 5.78. The summed E-state index contributed by atoms with van der Waals surface area (Å²) in [5.74, 6) is 1.69. The van der Waals surface area contributed by atoms with E-state index in [2.05, 4.69) is 30.6 Å². The lowest BCUT2D eigenvalue weighted by Crippen LogP contribution is -2.49. The number of H-pyrrole nitrogens is 1. The molecule has 0 aromatic carbocycles. The molecule has 6 heteroatoms. The highest BCUT2D eigenvalue weighted by molar-refractivity contribution is 4.80. The van der Waals surface area contributed by atoms with Gasteiger partial charge in [-0.3, -0.25) is 0 Å². The summed E-state index contributed by atoms with van der Waals surface area (Å²) in [6.45, 7) is 5.01. The Hall–Kier alpha value is -1.01. The lowest BCUT2D eigenvalue weighted by Gasteiger charge is -2.41. The normalized spacial score (nSPS) is 23.8. The third-order valence-electron chi connectivity index (χ3n) is 4.49. The minimum absolute atomic E-state index is 0.833. The number of rotatable bonds is 4. The molecule has 0 radical (unpaired) electrons. The number of aromatic nitrogens is 4. The van der Waals surface area contributed by atoms with Crippen LogP contribution in [0.15, 0.2) is 0 Å². The summed E-state index contributed by atoms with van der Waals surface area (Å²) < 4.78 is 0. The van der Waals surface area contributed by atoms with E-state index in [1.807, 2.05) is 0 Å². The van der Waals surface area contributed by atoms with Gasteiger partial charge >= 0.3 is 0 Å². The Morgan fingerprint density at radius 3 is 2.42 bits per heavy atom. The Morgan fingerprint density at radius 2 is 1.74 bits per heavy atom. The number of hydrazine groups is 1. The third kappa shape index (κ3) is 3.51. The number of piperidine rings is 2. The molecule has 0 spiro atoms. The molecule has 2 aliphatic heterocycles. The summed E-state index contributed by atoms with van der Waals surface area (Å²) in [6, 6.07) is 0. The maximum atomic E-state index is 4.02. The van der Waals surface area contributed by atoms with Gasteiger partial charge in [-0.05, 0) is 38.0 Å². The predicted octanol–water partition coefficient (Wildman–Crippen LogP) is 1.25. The minimum atomic E-state index is 0.833. The SMILES string of the molecule is C1CCN(N2CCC(CCc3nn[nH]n3)CC2)CC1. The number of aromatic amines is 1. The largest absolute Gasteiger partial charge is 0.242 e. The summed E-state index contributed by atoms with van der Waals surface area (Å²) in [5.41, 5.74) is 0. The van der Waals surface area contributed by atoms with Gasteiger partial charge in [0.05, 0.1) is 0 Å². The second-order valence-electron chi connectivity index (χ2n) is 5.78. The van der Waals surface area contributed by atoms with Gasteiger partial charge in [-0.1, -0.05) is 11.6 Å². The summed E-state index contributed by atoms with van der Waals surface area (Å²) in [4.78, 5) is 0. The molecular weight excluding hydrogens is 240 g/mol. The Bertz CT molecular complexity index is 351. The molecule has 1 aromatic rings. The monoisotopic (exact) mass is 264 g/mol. The molecule has 106 valence electrons. The van der Waals surface area contributed by atoms with E-state index in [-0.39, 0.29) is 0 Å². The fraction of sp³-hybridized carbons (Fsp3) is 0.923. The summed E-state index contributed by atoms with van der Waals surface area (Å²) in [5, 5.41) is 19.3. The molecule has 0 bridgehead atoms. The highest BCUT2D eigenvalue weighted by Crippen LogP contribution is 2.24. The lowest BCUT2D eigenvalue weighted by molar-refractivity contribution is -0.0615. The Kier molecular flexibility index (Phi) is 4.40. The van der Waals surface area contributed by atoms with Crippen molar-refractivity contribution in [2.24, 2.45) is 5.92 Å². The Labute approximate surface area is 114 Å². The van der Waals surface area contributed by atoms with E-state index >= 15 is 0 Å². The molecule has 0 amide bonds. The van der Waals surface area contributed by atoms with Crippen LogP contribution in [0.2, 0.25) is 0 Å². The van der Waals surface area contributed by atoms with Gasteiger partial charge in [-0.15, -0.1) is 10.2 Å². The van der Waals surface area contributed by atoms with Crippen LogP contribution in [0.25, 0.3) is 0 Å². The van der Waals surface area contributed by atoms with Gasteiger partial charge in [0.2, 0.25) is 0 Å². The molecule has 19 heavy (non-hydrogen) atoms. The highest BCUT2D eigenvalue weighted by Gasteiger charge is 2.24. The van der Waals surface area contributed by atoms with Gasteiger partial charge in [-0.25, -0.2) is 10.0 Å². The van der Waals surface area contributed by atoms with Crippen molar-refractivity contribution in [1.82, 2.24) is 30.6 Å². The number of aryl methyl sites for hydroxylation is 1. The van der Waals surface area contributed by atoms with Crippen LogP contribution in [0.4, 0.5) is 0 Å². The quantitative estimate of drug-likeness (QED) is 0.886. The van der Waals surface area contributed by atoms with Gasteiger partial charge in [0, 0.05) is 32.6 Å². The molecule has 0 saturated carbocycles. The van der Waals surface area contributed by atoms with Crippen LogP contribution < -0.4 is 0 Å². The van der Waals surface area contributed by atoms with Gasteiger partial charge in [0.15, 0.2) is 5.82 Å². The van der Waals surface area contributed by atoms with E-state index in [4.69, 9.17) is 0 Å². The van der Waals surface area contributed by atoms with Gasteiger partial charge < -0.3 is 0 Å². The first-order chi connectivity index (χ1) is 9.42. The van der Waals surface area contributed by atoms with Crippen LogP contribution in [0.3, 0.4) is 0 Å². The second kappa shape index (κ2) is 6.43. The number of nitrogens with one attached hydrogen (secondary N) is 1. The van der Waals surface area contributed by atoms with Crippen molar-refractivity contribution in [3.8, 4) is 0 Å². The van der Waals surface area contributed by atoms with Crippen LogP contribution >= 0.6 is 0 Å². The zero-order valence-corrected chi connectivity index (χ0v) is 11.6. The molecule has 0 atom stereocenters. The molecular formula is C13H24N6. The first-order valence-corrected chi connectivity index (χ1v) is 7.64. The fourth-order valence-electron chi connectivity index (χ4n) is 3.27. The molecule has 0 unspecified atom stereocenters. The smallest absolute Gasteiger partial charge is 0.174 e. The zero-order chi connectivity index (χ0) is 12.9. The number of hydrogen-bond acceptors (Lipinski definition) is 5. The minimum Gasteiger partial charge on any atom is -0.242 e. The maximum Gasteiger partial charge on any atom is 0.174 e. The van der Waals surface area contributed by atoms with E-state index in [0.717, 1.165) is 18.2 Å². The van der Waals surface area contributed by atoms with Gasteiger partial charge in [-0.2, -0.15) is 5.21 Å². The molecule has 3 heterocycles. The van der Waals surface area contributed by atoms with E-state index in [1.165, 1.54) is 64.7 Å². The number of nitrogens with zero attached hydrogens (tertiary/aromatic N) is 5. The van der Waals surface area contributed by atoms with Crippen LogP contribution in [0.1, 0.15) is 44.3 Å². The van der Waals surface area contributed by atoms with Crippen molar-refractivity contribution in [1.29, 1.82) is 0 Å². The van der Waals surface area contributed by atoms with Gasteiger partial charge in [0.25, 0.3) is 0 Å². The third-order valence-corrected chi connectivity index (χ3v) is 4.49. The van der Waals surface area contributed by atoms with E-state index < -0.39 is 0 Å². The van der Waals surface area contributed by atoms with E-state index in [0.29, 0.717) is 0 Å². The topological polar surface area (TPSA) is 60.9 Å². The molecule has 0 aliphatic carbocycles. The Balaban J connectivity index is 1.39.